The maximum atomic E-state index is 12.6. The Morgan fingerprint density at radius 1 is 1.35 bits per heavy atom. The van der Waals surface area contributed by atoms with Crippen LogP contribution in [0.2, 0.25) is 0 Å². The first kappa shape index (κ1) is 12.1. The largest absolute Gasteiger partial charge is 0.433 e. The average Bonchev–Trinajstić information content (AvgIpc) is 2.28. The summed E-state index contributed by atoms with van der Waals surface area (Å²) in [5.74, 6) is -0.337. The summed E-state index contributed by atoms with van der Waals surface area (Å²) < 4.78 is 37.7. The van der Waals surface area contributed by atoms with Crippen molar-refractivity contribution < 1.29 is 13.2 Å². The van der Waals surface area contributed by atoms with Crippen LogP contribution >= 0.6 is 0 Å². The van der Waals surface area contributed by atoms with Gasteiger partial charge in [0.1, 0.15) is 5.69 Å². The molecule has 17 heavy (non-hydrogen) atoms. The zero-order valence-corrected chi connectivity index (χ0v) is 9.09. The fourth-order valence-electron chi connectivity index (χ4n) is 1.94. The molecule has 1 fully saturated rings. The number of nitrogens with zero attached hydrogens (tertiary/aromatic N) is 2. The number of nitrogens with one attached hydrogen (secondary N) is 1. The van der Waals surface area contributed by atoms with Crippen molar-refractivity contribution in [3.63, 3.8) is 0 Å². The molecule has 0 aromatic carbocycles. The molecular weight excluding hydrogens is 233 g/mol. The number of alkyl halides is 3. The second-order valence-corrected chi connectivity index (χ2v) is 4.08. The number of anilines is 1. The molecule has 0 spiro atoms. The Bertz CT molecular complexity index is 399. The van der Waals surface area contributed by atoms with Crippen LogP contribution < -0.4 is 11.1 Å². The maximum Gasteiger partial charge on any atom is 0.433 e. The highest BCUT2D eigenvalue weighted by Crippen LogP contribution is 2.31. The van der Waals surface area contributed by atoms with E-state index in [1.165, 1.54) is 0 Å². The summed E-state index contributed by atoms with van der Waals surface area (Å²) in [6, 6.07) is 0.994. The molecule has 1 unspecified atom stereocenters. The third kappa shape index (κ3) is 2.85. The number of nitrogen functional groups attached to an aromatic ring is 1. The van der Waals surface area contributed by atoms with E-state index in [4.69, 9.17) is 5.73 Å². The fraction of sp³-hybridized carbons (Fsp3) is 0.600. The molecule has 3 N–H and O–H groups in total. The van der Waals surface area contributed by atoms with Crippen LogP contribution in [0.1, 0.15) is 30.1 Å². The summed E-state index contributed by atoms with van der Waals surface area (Å²) in [7, 11) is 0. The van der Waals surface area contributed by atoms with Gasteiger partial charge in [-0.3, -0.25) is 0 Å². The quantitative estimate of drug-likeness (QED) is 0.789. The number of hydrogen-bond acceptors (Lipinski definition) is 4. The number of nitrogens with two attached hydrogens (primary N) is 1. The van der Waals surface area contributed by atoms with Crippen molar-refractivity contribution in [3.05, 3.63) is 17.5 Å². The third-order valence-electron chi connectivity index (χ3n) is 2.77. The molecule has 1 atom stereocenters. The van der Waals surface area contributed by atoms with Gasteiger partial charge < -0.3 is 11.1 Å². The molecule has 1 saturated heterocycles. The van der Waals surface area contributed by atoms with Crippen LogP contribution in [0.3, 0.4) is 0 Å². The molecule has 0 saturated carbocycles. The van der Waals surface area contributed by atoms with Gasteiger partial charge in [0, 0.05) is 12.5 Å². The minimum absolute atomic E-state index is 0.0184. The van der Waals surface area contributed by atoms with Gasteiger partial charge in [0.25, 0.3) is 0 Å². The molecule has 4 nitrogen and oxygen atoms in total. The first-order valence-corrected chi connectivity index (χ1v) is 5.39. The van der Waals surface area contributed by atoms with Gasteiger partial charge in [0.15, 0.2) is 0 Å². The number of aromatic nitrogens is 2. The van der Waals surface area contributed by atoms with Gasteiger partial charge in [-0.25, -0.2) is 9.97 Å². The summed E-state index contributed by atoms with van der Waals surface area (Å²) in [5, 5.41) is 3.13. The second-order valence-electron chi connectivity index (χ2n) is 4.08. The Hall–Kier alpha value is -1.37. The second kappa shape index (κ2) is 4.48. The van der Waals surface area contributed by atoms with E-state index in [0.29, 0.717) is 12.2 Å². The molecule has 94 valence electrons. The van der Waals surface area contributed by atoms with Crippen molar-refractivity contribution in [1.29, 1.82) is 0 Å². The van der Waals surface area contributed by atoms with Crippen molar-refractivity contribution in [3.8, 4) is 0 Å². The Labute approximate surface area is 96.4 Å². The molecule has 1 aromatic rings. The summed E-state index contributed by atoms with van der Waals surface area (Å²) in [5.41, 5.74) is 4.73. The number of rotatable bonds is 1. The summed E-state index contributed by atoms with van der Waals surface area (Å²) in [6.07, 6.45) is -2.73. The predicted molar refractivity (Wildman–Crippen MR) is 56.3 cm³/mol. The van der Waals surface area contributed by atoms with Crippen LogP contribution in [0.5, 0.6) is 0 Å². The van der Waals surface area contributed by atoms with Crippen molar-refractivity contribution >= 4 is 5.95 Å². The van der Waals surface area contributed by atoms with Gasteiger partial charge >= 0.3 is 6.18 Å². The first-order valence-electron chi connectivity index (χ1n) is 5.39. The summed E-state index contributed by atoms with van der Waals surface area (Å²) in [4.78, 5) is 7.12. The lowest BCUT2D eigenvalue weighted by Crippen LogP contribution is -2.29. The smallest absolute Gasteiger partial charge is 0.368 e. The Morgan fingerprint density at radius 2 is 2.12 bits per heavy atom. The van der Waals surface area contributed by atoms with Gasteiger partial charge in [-0.1, -0.05) is 0 Å². The van der Waals surface area contributed by atoms with E-state index in [0.717, 1.165) is 25.5 Å². The standard InChI is InChI=1S/C10H13F3N4/c11-10(12,13)8-4-7(16-9(14)17-8)6-2-1-3-15-5-6/h4,6,15H,1-3,5H2,(H2,14,16,17). The van der Waals surface area contributed by atoms with E-state index in [-0.39, 0.29) is 11.9 Å². The topological polar surface area (TPSA) is 63.8 Å². The molecule has 0 aliphatic carbocycles. The minimum Gasteiger partial charge on any atom is -0.368 e. The SMILES string of the molecule is Nc1nc(C2CCCNC2)cc(C(F)(F)F)n1. The van der Waals surface area contributed by atoms with Gasteiger partial charge in [-0.05, 0) is 25.5 Å². The van der Waals surface area contributed by atoms with Gasteiger partial charge in [0.05, 0.1) is 5.69 Å². The van der Waals surface area contributed by atoms with Crippen LogP contribution in [0.4, 0.5) is 19.1 Å². The molecule has 7 heteroatoms. The normalized spacial score (nSPS) is 21.5. The lowest BCUT2D eigenvalue weighted by molar-refractivity contribution is -0.141. The van der Waals surface area contributed by atoms with E-state index in [1.807, 2.05) is 0 Å². The highest BCUT2D eigenvalue weighted by molar-refractivity contribution is 5.26. The van der Waals surface area contributed by atoms with Crippen molar-refractivity contribution in [1.82, 2.24) is 15.3 Å². The molecule has 0 radical (unpaired) electrons. The van der Waals surface area contributed by atoms with Crippen molar-refractivity contribution in [2.45, 2.75) is 24.9 Å². The molecule has 2 rings (SSSR count). The molecular formula is C10H13F3N4. The number of hydrogen-bond donors (Lipinski definition) is 2. The lowest BCUT2D eigenvalue weighted by Gasteiger charge is -2.22. The van der Waals surface area contributed by atoms with Crippen LogP contribution in [-0.4, -0.2) is 23.1 Å². The van der Waals surface area contributed by atoms with Gasteiger partial charge in [-0.15, -0.1) is 0 Å². The van der Waals surface area contributed by atoms with Gasteiger partial charge in [0.2, 0.25) is 5.95 Å². The third-order valence-corrected chi connectivity index (χ3v) is 2.77. The van der Waals surface area contributed by atoms with Crippen molar-refractivity contribution in [2.24, 2.45) is 0 Å². The van der Waals surface area contributed by atoms with E-state index < -0.39 is 11.9 Å². The Balaban J connectivity index is 2.31. The number of piperidine rings is 1. The predicted octanol–water partition coefficient (Wildman–Crippen LogP) is 1.54. The summed E-state index contributed by atoms with van der Waals surface area (Å²) >= 11 is 0. The zero-order valence-electron chi connectivity index (χ0n) is 9.09. The minimum atomic E-state index is -4.48. The highest BCUT2D eigenvalue weighted by Gasteiger charge is 2.34. The molecule has 1 aliphatic heterocycles. The monoisotopic (exact) mass is 246 g/mol. The average molecular weight is 246 g/mol. The van der Waals surface area contributed by atoms with Gasteiger partial charge in [-0.2, -0.15) is 13.2 Å². The van der Waals surface area contributed by atoms with Crippen LogP contribution in [-0.2, 0) is 6.18 Å². The molecule has 1 aromatic heterocycles. The van der Waals surface area contributed by atoms with Crippen LogP contribution in [0.25, 0.3) is 0 Å². The first-order chi connectivity index (χ1) is 7.97. The Kier molecular flexibility index (Phi) is 3.19. The molecule has 0 amide bonds. The number of halogens is 3. The van der Waals surface area contributed by atoms with Crippen LogP contribution in [0, 0.1) is 0 Å². The molecule has 1 aliphatic rings. The van der Waals surface area contributed by atoms with Crippen molar-refractivity contribution in [2.75, 3.05) is 18.8 Å². The van der Waals surface area contributed by atoms with Crippen LogP contribution in [0.15, 0.2) is 6.07 Å². The maximum absolute atomic E-state index is 12.6. The fourth-order valence-corrected chi connectivity index (χ4v) is 1.94. The zero-order chi connectivity index (χ0) is 12.5. The summed E-state index contributed by atoms with van der Waals surface area (Å²) in [6.45, 7) is 1.52. The molecule has 2 heterocycles. The Morgan fingerprint density at radius 3 is 2.71 bits per heavy atom. The van der Waals surface area contributed by atoms with E-state index in [2.05, 4.69) is 15.3 Å². The highest BCUT2D eigenvalue weighted by atomic mass is 19.4. The van der Waals surface area contributed by atoms with E-state index in [1.54, 1.807) is 0 Å². The molecule has 0 bridgehead atoms. The van der Waals surface area contributed by atoms with E-state index in [9.17, 15) is 13.2 Å². The lowest BCUT2D eigenvalue weighted by atomic mass is 9.95. The van der Waals surface area contributed by atoms with E-state index >= 15 is 0 Å².